The molecule has 0 aromatic heterocycles. The maximum Gasteiger partial charge on any atom is 0.415 e. The SMILES string of the molecule is CN(CC(=O)O)C(=O)Oc1ccc2c(c1)CCCC2. The standard InChI is InChI=1S/C14H17NO4/c1-15(9-13(16)17)14(18)19-12-7-6-10-4-2-3-5-11(10)8-12/h6-8H,2-5,9H2,1H3,(H,16,17). The minimum absolute atomic E-state index is 0.371. The molecule has 0 unspecified atom stereocenters. The van der Waals surface area contributed by atoms with Crippen molar-refractivity contribution in [1.29, 1.82) is 0 Å². The highest BCUT2D eigenvalue weighted by atomic mass is 16.6. The summed E-state index contributed by atoms with van der Waals surface area (Å²) in [6, 6.07) is 5.62. The van der Waals surface area contributed by atoms with Crippen LogP contribution in [0.5, 0.6) is 5.75 Å². The Bertz CT molecular complexity index is 498. The van der Waals surface area contributed by atoms with Crippen molar-refractivity contribution in [2.45, 2.75) is 25.7 Å². The number of ether oxygens (including phenoxy) is 1. The summed E-state index contributed by atoms with van der Waals surface area (Å²) in [5, 5.41) is 8.61. The smallest absolute Gasteiger partial charge is 0.415 e. The fourth-order valence-electron chi connectivity index (χ4n) is 2.22. The second-order valence-corrected chi connectivity index (χ2v) is 4.76. The number of aliphatic carboxylic acids is 1. The van der Waals surface area contributed by atoms with Crippen LogP contribution in [-0.2, 0) is 17.6 Å². The molecule has 1 N–H and O–H groups in total. The van der Waals surface area contributed by atoms with Gasteiger partial charge in [0.25, 0.3) is 0 Å². The number of carboxylic acid groups (broad SMARTS) is 1. The normalized spacial score (nSPS) is 13.5. The molecule has 0 saturated heterocycles. The number of nitrogens with zero attached hydrogens (tertiary/aromatic N) is 1. The predicted octanol–water partition coefficient (Wildman–Crippen LogP) is 2.08. The Hall–Kier alpha value is -2.04. The molecule has 0 spiro atoms. The van der Waals surface area contributed by atoms with E-state index in [-0.39, 0.29) is 6.54 Å². The number of fused-ring (bicyclic) bond motifs is 1. The second kappa shape index (κ2) is 5.73. The first-order chi connectivity index (χ1) is 9.06. The number of likely N-dealkylation sites (N-methyl/N-ethyl adjacent to an activating group) is 1. The first-order valence-electron chi connectivity index (χ1n) is 6.33. The zero-order valence-corrected chi connectivity index (χ0v) is 10.9. The molecular formula is C14H17NO4. The number of aryl methyl sites for hydroxylation is 2. The Labute approximate surface area is 111 Å². The molecule has 2 rings (SSSR count). The van der Waals surface area contributed by atoms with Gasteiger partial charge in [-0.2, -0.15) is 0 Å². The lowest BCUT2D eigenvalue weighted by Gasteiger charge is -2.18. The zero-order chi connectivity index (χ0) is 13.8. The van der Waals surface area contributed by atoms with Crippen LogP contribution in [0.3, 0.4) is 0 Å². The van der Waals surface area contributed by atoms with Crippen molar-refractivity contribution < 1.29 is 19.4 Å². The highest BCUT2D eigenvalue weighted by molar-refractivity contribution is 5.77. The molecular weight excluding hydrogens is 246 g/mol. The van der Waals surface area contributed by atoms with Crippen molar-refractivity contribution in [2.75, 3.05) is 13.6 Å². The number of rotatable bonds is 3. The lowest BCUT2D eigenvalue weighted by molar-refractivity contribution is -0.137. The maximum atomic E-state index is 11.7. The number of hydrogen-bond acceptors (Lipinski definition) is 3. The van der Waals surface area contributed by atoms with Gasteiger partial charge in [-0.15, -0.1) is 0 Å². The minimum atomic E-state index is -1.06. The molecule has 102 valence electrons. The molecule has 0 fully saturated rings. The molecule has 5 heteroatoms. The van der Waals surface area contributed by atoms with Gasteiger partial charge in [0.15, 0.2) is 0 Å². The lowest BCUT2D eigenvalue weighted by Crippen LogP contribution is -2.34. The molecule has 1 aliphatic rings. The Morgan fingerprint density at radius 2 is 1.95 bits per heavy atom. The highest BCUT2D eigenvalue weighted by Crippen LogP contribution is 2.25. The number of carbonyl (C=O) groups excluding carboxylic acids is 1. The average molecular weight is 263 g/mol. The van der Waals surface area contributed by atoms with Crippen molar-refractivity contribution in [1.82, 2.24) is 4.90 Å². The van der Waals surface area contributed by atoms with Gasteiger partial charge in [0.1, 0.15) is 12.3 Å². The molecule has 1 amide bonds. The van der Waals surface area contributed by atoms with Gasteiger partial charge in [-0.25, -0.2) is 4.79 Å². The van der Waals surface area contributed by atoms with E-state index in [4.69, 9.17) is 9.84 Å². The van der Waals surface area contributed by atoms with E-state index in [9.17, 15) is 9.59 Å². The van der Waals surface area contributed by atoms with Gasteiger partial charge in [-0.1, -0.05) is 6.07 Å². The largest absolute Gasteiger partial charge is 0.480 e. The van der Waals surface area contributed by atoms with Crippen LogP contribution in [-0.4, -0.2) is 35.7 Å². The fourth-order valence-corrected chi connectivity index (χ4v) is 2.22. The summed E-state index contributed by atoms with van der Waals surface area (Å²) in [5.74, 6) is -0.590. The van der Waals surface area contributed by atoms with Crippen LogP contribution in [0.15, 0.2) is 18.2 Å². The van der Waals surface area contributed by atoms with Crippen molar-refractivity contribution in [3.05, 3.63) is 29.3 Å². The highest BCUT2D eigenvalue weighted by Gasteiger charge is 2.16. The van der Waals surface area contributed by atoms with Gasteiger partial charge in [0.2, 0.25) is 0 Å². The van der Waals surface area contributed by atoms with E-state index in [1.807, 2.05) is 12.1 Å². The summed E-state index contributed by atoms with van der Waals surface area (Å²) in [6.07, 6.45) is 3.78. The Balaban J connectivity index is 2.03. The third-order valence-electron chi connectivity index (χ3n) is 3.21. The average Bonchev–Trinajstić information content (AvgIpc) is 2.37. The summed E-state index contributed by atoms with van der Waals surface area (Å²) in [7, 11) is 1.40. The molecule has 19 heavy (non-hydrogen) atoms. The number of benzene rings is 1. The van der Waals surface area contributed by atoms with E-state index in [0.717, 1.165) is 24.2 Å². The first-order valence-corrected chi connectivity index (χ1v) is 6.33. The van der Waals surface area contributed by atoms with Crippen molar-refractivity contribution in [3.63, 3.8) is 0 Å². The van der Waals surface area contributed by atoms with Gasteiger partial charge in [0.05, 0.1) is 0 Å². The van der Waals surface area contributed by atoms with Crippen LogP contribution in [0.1, 0.15) is 24.0 Å². The summed E-state index contributed by atoms with van der Waals surface area (Å²) >= 11 is 0. The topological polar surface area (TPSA) is 66.8 Å². The molecule has 0 atom stereocenters. The zero-order valence-electron chi connectivity index (χ0n) is 10.9. The molecule has 0 heterocycles. The number of hydrogen-bond donors (Lipinski definition) is 1. The third-order valence-corrected chi connectivity index (χ3v) is 3.21. The van der Waals surface area contributed by atoms with E-state index in [0.29, 0.717) is 5.75 Å². The molecule has 5 nitrogen and oxygen atoms in total. The minimum Gasteiger partial charge on any atom is -0.480 e. The van der Waals surface area contributed by atoms with Crippen molar-refractivity contribution >= 4 is 12.1 Å². The van der Waals surface area contributed by atoms with Gasteiger partial charge in [-0.3, -0.25) is 9.69 Å². The lowest BCUT2D eigenvalue weighted by atomic mass is 9.92. The number of carboxylic acids is 1. The molecule has 0 aliphatic heterocycles. The molecule has 1 aliphatic carbocycles. The van der Waals surface area contributed by atoms with E-state index >= 15 is 0 Å². The van der Waals surface area contributed by atoms with Gasteiger partial charge < -0.3 is 9.84 Å². The van der Waals surface area contributed by atoms with Gasteiger partial charge in [-0.05, 0) is 48.9 Å². The predicted molar refractivity (Wildman–Crippen MR) is 69.4 cm³/mol. The van der Waals surface area contributed by atoms with E-state index in [2.05, 4.69) is 0 Å². The van der Waals surface area contributed by atoms with E-state index < -0.39 is 12.1 Å². The van der Waals surface area contributed by atoms with E-state index in [1.54, 1.807) is 6.07 Å². The van der Waals surface area contributed by atoms with Crippen LogP contribution in [0, 0.1) is 0 Å². The quantitative estimate of drug-likeness (QED) is 0.906. The van der Waals surface area contributed by atoms with Crippen LogP contribution in [0.25, 0.3) is 0 Å². The van der Waals surface area contributed by atoms with Crippen LogP contribution >= 0.6 is 0 Å². The van der Waals surface area contributed by atoms with Crippen molar-refractivity contribution in [2.24, 2.45) is 0 Å². The number of amides is 1. The van der Waals surface area contributed by atoms with Gasteiger partial charge in [0, 0.05) is 7.05 Å². The Morgan fingerprint density at radius 1 is 1.26 bits per heavy atom. The second-order valence-electron chi connectivity index (χ2n) is 4.76. The molecule has 0 bridgehead atoms. The first kappa shape index (κ1) is 13.4. The summed E-state index contributed by atoms with van der Waals surface area (Å²) in [5.41, 5.74) is 2.53. The molecule has 0 saturated carbocycles. The maximum absolute atomic E-state index is 11.7. The van der Waals surface area contributed by atoms with Crippen LogP contribution in [0.4, 0.5) is 4.79 Å². The monoisotopic (exact) mass is 263 g/mol. The Kier molecular flexibility index (Phi) is 4.04. The van der Waals surface area contributed by atoms with Gasteiger partial charge >= 0.3 is 12.1 Å². The molecule has 1 aromatic carbocycles. The molecule has 0 radical (unpaired) electrons. The Morgan fingerprint density at radius 3 is 2.63 bits per heavy atom. The van der Waals surface area contributed by atoms with Crippen LogP contribution in [0.2, 0.25) is 0 Å². The number of carbonyl (C=O) groups is 2. The summed E-state index contributed by atoms with van der Waals surface area (Å²) in [6.45, 7) is -0.371. The fraction of sp³-hybridized carbons (Fsp3) is 0.429. The van der Waals surface area contributed by atoms with E-state index in [1.165, 1.54) is 24.6 Å². The summed E-state index contributed by atoms with van der Waals surface area (Å²) < 4.78 is 5.17. The van der Waals surface area contributed by atoms with Crippen LogP contribution < -0.4 is 4.74 Å². The molecule has 1 aromatic rings. The summed E-state index contributed by atoms with van der Waals surface area (Å²) in [4.78, 5) is 23.2. The third kappa shape index (κ3) is 3.47. The van der Waals surface area contributed by atoms with Crippen molar-refractivity contribution in [3.8, 4) is 5.75 Å².